The van der Waals surface area contributed by atoms with Gasteiger partial charge in [-0.1, -0.05) is 41.4 Å². The summed E-state index contributed by atoms with van der Waals surface area (Å²) in [4.78, 5) is 10.9. The highest BCUT2D eigenvalue weighted by Crippen LogP contribution is 2.31. The Morgan fingerprint density at radius 1 is 1.09 bits per heavy atom. The van der Waals surface area contributed by atoms with Gasteiger partial charge in [-0.15, -0.1) is 0 Å². The molecule has 0 spiro atoms. The van der Waals surface area contributed by atoms with Crippen LogP contribution in [0.25, 0.3) is 0 Å². The van der Waals surface area contributed by atoms with Crippen molar-refractivity contribution in [1.29, 1.82) is 0 Å². The highest BCUT2D eigenvalue weighted by Gasteiger charge is 2.26. The standard InChI is InChI=1S/C15H14Cl2N2O3S/c1-19(9-10-5-7-11(8-6-10)15(18)20)23(21,22)14-12(16)3-2-4-13(14)17/h2-8H,9H2,1H3,(H2,18,20). The predicted octanol–water partition coefficient (Wildman–Crippen LogP) is 2.91. The molecular formula is C15H14Cl2N2O3S. The molecule has 0 atom stereocenters. The minimum atomic E-state index is -3.85. The minimum absolute atomic E-state index is 0.0634. The van der Waals surface area contributed by atoms with Crippen LogP contribution in [0.1, 0.15) is 15.9 Å². The second-order valence-corrected chi connectivity index (χ2v) is 7.67. The van der Waals surface area contributed by atoms with E-state index in [1.165, 1.54) is 19.2 Å². The van der Waals surface area contributed by atoms with Crippen LogP contribution in [0.5, 0.6) is 0 Å². The molecular weight excluding hydrogens is 359 g/mol. The molecule has 0 bridgehead atoms. The molecule has 0 aromatic heterocycles. The Morgan fingerprint density at radius 2 is 1.61 bits per heavy atom. The number of carbonyl (C=O) groups is 1. The number of halogens is 2. The molecule has 1 amide bonds. The van der Waals surface area contributed by atoms with Crippen LogP contribution in [0, 0.1) is 0 Å². The lowest BCUT2D eigenvalue weighted by Gasteiger charge is -2.19. The van der Waals surface area contributed by atoms with Crippen LogP contribution in [0.3, 0.4) is 0 Å². The Morgan fingerprint density at radius 3 is 2.09 bits per heavy atom. The maximum Gasteiger partial charge on any atom is 0.248 e. The van der Waals surface area contributed by atoms with Gasteiger partial charge in [0, 0.05) is 19.2 Å². The number of hydrogen-bond donors (Lipinski definition) is 1. The van der Waals surface area contributed by atoms with Gasteiger partial charge in [-0.2, -0.15) is 4.31 Å². The summed E-state index contributed by atoms with van der Waals surface area (Å²) in [5.74, 6) is -0.541. The summed E-state index contributed by atoms with van der Waals surface area (Å²) >= 11 is 12.0. The van der Waals surface area contributed by atoms with Crippen LogP contribution in [0.2, 0.25) is 10.0 Å². The Hall–Kier alpha value is -1.60. The molecule has 122 valence electrons. The molecule has 8 heteroatoms. The summed E-state index contributed by atoms with van der Waals surface area (Å²) in [6.07, 6.45) is 0. The van der Waals surface area contributed by atoms with Crippen molar-refractivity contribution in [2.24, 2.45) is 5.73 Å². The molecule has 0 radical (unpaired) electrons. The zero-order valence-electron chi connectivity index (χ0n) is 12.2. The number of carbonyl (C=O) groups excluding carboxylic acids is 1. The van der Waals surface area contributed by atoms with E-state index in [0.29, 0.717) is 11.1 Å². The molecule has 0 fully saturated rings. The van der Waals surface area contributed by atoms with Gasteiger partial charge in [-0.05, 0) is 29.8 Å². The first-order valence-corrected chi connectivity index (χ1v) is 8.72. The SMILES string of the molecule is CN(Cc1ccc(C(N)=O)cc1)S(=O)(=O)c1c(Cl)cccc1Cl. The van der Waals surface area contributed by atoms with E-state index in [1.807, 2.05) is 0 Å². The van der Waals surface area contributed by atoms with E-state index in [1.54, 1.807) is 30.3 Å². The van der Waals surface area contributed by atoms with Crippen LogP contribution in [0.4, 0.5) is 0 Å². The molecule has 0 aliphatic heterocycles. The zero-order chi connectivity index (χ0) is 17.2. The van der Waals surface area contributed by atoms with E-state index in [2.05, 4.69) is 0 Å². The molecule has 0 aliphatic rings. The molecule has 2 N–H and O–H groups in total. The van der Waals surface area contributed by atoms with Gasteiger partial charge in [-0.3, -0.25) is 4.79 Å². The third-order valence-electron chi connectivity index (χ3n) is 3.23. The van der Waals surface area contributed by atoms with Crippen molar-refractivity contribution in [2.45, 2.75) is 11.4 Å². The van der Waals surface area contributed by atoms with E-state index < -0.39 is 15.9 Å². The Kier molecular flexibility index (Phi) is 5.31. The van der Waals surface area contributed by atoms with Crippen LogP contribution < -0.4 is 5.73 Å². The van der Waals surface area contributed by atoms with Gasteiger partial charge >= 0.3 is 0 Å². The molecule has 0 saturated heterocycles. The molecule has 0 aliphatic carbocycles. The van der Waals surface area contributed by atoms with Crippen LogP contribution in [-0.2, 0) is 16.6 Å². The topological polar surface area (TPSA) is 80.5 Å². The second-order valence-electron chi connectivity index (χ2n) is 4.87. The lowest BCUT2D eigenvalue weighted by Crippen LogP contribution is -2.27. The number of amides is 1. The molecule has 23 heavy (non-hydrogen) atoms. The number of benzene rings is 2. The smallest absolute Gasteiger partial charge is 0.248 e. The molecule has 0 heterocycles. The molecule has 2 aromatic carbocycles. The predicted molar refractivity (Wildman–Crippen MR) is 90.1 cm³/mol. The normalized spacial score (nSPS) is 11.7. The van der Waals surface area contributed by atoms with Crippen LogP contribution >= 0.6 is 23.2 Å². The van der Waals surface area contributed by atoms with Crippen molar-refractivity contribution in [3.8, 4) is 0 Å². The quantitative estimate of drug-likeness (QED) is 0.875. The summed E-state index contributed by atoms with van der Waals surface area (Å²) in [6, 6.07) is 10.9. The van der Waals surface area contributed by atoms with Crippen molar-refractivity contribution >= 4 is 39.1 Å². The second kappa shape index (κ2) is 6.88. The summed E-state index contributed by atoms with van der Waals surface area (Å²) in [7, 11) is -2.42. The van der Waals surface area contributed by atoms with Crippen molar-refractivity contribution in [3.05, 3.63) is 63.6 Å². The number of nitrogens with two attached hydrogens (primary N) is 1. The average Bonchev–Trinajstić information content (AvgIpc) is 2.47. The van der Waals surface area contributed by atoms with Crippen molar-refractivity contribution < 1.29 is 13.2 Å². The number of sulfonamides is 1. The van der Waals surface area contributed by atoms with Crippen LogP contribution in [0.15, 0.2) is 47.4 Å². The fourth-order valence-electron chi connectivity index (χ4n) is 2.00. The van der Waals surface area contributed by atoms with Gasteiger partial charge in [0.15, 0.2) is 0 Å². The van der Waals surface area contributed by atoms with Gasteiger partial charge in [-0.25, -0.2) is 8.42 Å². The van der Waals surface area contributed by atoms with Gasteiger partial charge in [0.2, 0.25) is 15.9 Å². The summed E-state index contributed by atoms with van der Waals surface area (Å²) < 4.78 is 26.4. The zero-order valence-corrected chi connectivity index (χ0v) is 14.5. The first-order valence-electron chi connectivity index (χ1n) is 6.52. The van der Waals surface area contributed by atoms with Crippen LogP contribution in [-0.4, -0.2) is 25.7 Å². The van der Waals surface area contributed by atoms with E-state index in [-0.39, 0.29) is 21.5 Å². The third-order valence-corrected chi connectivity index (χ3v) is 5.99. The minimum Gasteiger partial charge on any atom is -0.366 e. The van der Waals surface area contributed by atoms with Crippen molar-refractivity contribution in [1.82, 2.24) is 4.31 Å². The highest BCUT2D eigenvalue weighted by molar-refractivity contribution is 7.89. The summed E-state index contributed by atoms with van der Waals surface area (Å²) in [5.41, 5.74) is 6.22. The molecule has 5 nitrogen and oxygen atoms in total. The van der Waals surface area contributed by atoms with E-state index in [9.17, 15) is 13.2 Å². The lowest BCUT2D eigenvalue weighted by molar-refractivity contribution is 0.1000. The van der Waals surface area contributed by atoms with Gasteiger partial charge in [0.25, 0.3) is 0 Å². The third kappa shape index (κ3) is 3.84. The Labute approximate surface area is 144 Å². The van der Waals surface area contributed by atoms with Crippen molar-refractivity contribution in [2.75, 3.05) is 7.05 Å². The fourth-order valence-corrected chi connectivity index (χ4v) is 4.24. The lowest BCUT2D eigenvalue weighted by atomic mass is 10.1. The maximum absolute atomic E-state index is 12.6. The Balaban J connectivity index is 2.29. The van der Waals surface area contributed by atoms with E-state index in [4.69, 9.17) is 28.9 Å². The first-order chi connectivity index (χ1) is 10.7. The van der Waals surface area contributed by atoms with E-state index in [0.717, 1.165) is 4.31 Å². The van der Waals surface area contributed by atoms with Crippen molar-refractivity contribution in [3.63, 3.8) is 0 Å². The summed E-state index contributed by atoms with van der Waals surface area (Å²) in [5, 5.41) is 0.127. The first kappa shape index (κ1) is 17.7. The average molecular weight is 373 g/mol. The highest BCUT2D eigenvalue weighted by atomic mass is 35.5. The molecule has 0 saturated carbocycles. The molecule has 2 aromatic rings. The van der Waals surface area contributed by atoms with Gasteiger partial charge < -0.3 is 5.73 Å². The van der Waals surface area contributed by atoms with Gasteiger partial charge in [0.05, 0.1) is 10.0 Å². The largest absolute Gasteiger partial charge is 0.366 e. The number of hydrogen-bond acceptors (Lipinski definition) is 3. The Bertz CT molecular complexity index is 816. The number of nitrogens with zero attached hydrogens (tertiary/aromatic N) is 1. The fraction of sp³-hybridized carbons (Fsp3) is 0.133. The molecule has 2 rings (SSSR count). The number of rotatable bonds is 5. The maximum atomic E-state index is 12.6. The molecule has 0 unspecified atom stereocenters. The van der Waals surface area contributed by atoms with Gasteiger partial charge in [0.1, 0.15) is 4.90 Å². The van der Waals surface area contributed by atoms with E-state index >= 15 is 0 Å². The summed E-state index contributed by atoms with van der Waals surface area (Å²) in [6.45, 7) is 0.100. The monoisotopic (exact) mass is 372 g/mol. The number of primary amides is 1.